The molecule has 0 radical (unpaired) electrons. The van der Waals surface area contributed by atoms with Crippen LogP contribution in [0.4, 0.5) is 8.78 Å². The van der Waals surface area contributed by atoms with Gasteiger partial charge >= 0.3 is 0 Å². The maximum atomic E-state index is 13.8. The molecule has 1 atom stereocenters. The van der Waals surface area contributed by atoms with Crippen molar-refractivity contribution in [2.24, 2.45) is 0 Å². The first-order chi connectivity index (χ1) is 9.12. The first kappa shape index (κ1) is 16.1. The SMILES string of the molecule is CCNC(CCN(CC)CC)c1ccc(F)cc1F. The smallest absolute Gasteiger partial charge is 0.130 e. The lowest BCUT2D eigenvalue weighted by Gasteiger charge is -2.24. The maximum absolute atomic E-state index is 13.8. The fraction of sp³-hybridized carbons (Fsp3) is 0.600. The largest absolute Gasteiger partial charge is 0.310 e. The third kappa shape index (κ3) is 4.88. The van der Waals surface area contributed by atoms with Crippen molar-refractivity contribution in [3.63, 3.8) is 0 Å². The first-order valence-electron chi connectivity index (χ1n) is 7.03. The summed E-state index contributed by atoms with van der Waals surface area (Å²) < 4.78 is 26.8. The molecule has 19 heavy (non-hydrogen) atoms. The van der Waals surface area contributed by atoms with E-state index in [4.69, 9.17) is 0 Å². The Hall–Kier alpha value is -1.00. The molecule has 1 aromatic rings. The molecule has 0 aliphatic rings. The molecule has 0 aromatic heterocycles. The van der Waals surface area contributed by atoms with E-state index < -0.39 is 11.6 Å². The van der Waals surface area contributed by atoms with E-state index in [1.54, 1.807) is 6.07 Å². The molecule has 4 heteroatoms. The number of halogens is 2. The predicted molar refractivity (Wildman–Crippen MR) is 75.2 cm³/mol. The molecule has 0 saturated carbocycles. The van der Waals surface area contributed by atoms with Crippen LogP contribution in [-0.4, -0.2) is 31.1 Å². The van der Waals surface area contributed by atoms with Crippen LogP contribution in [0.5, 0.6) is 0 Å². The summed E-state index contributed by atoms with van der Waals surface area (Å²) in [4.78, 5) is 2.30. The molecular formula is C15H24F2N2. The van der Waals surface area contributed by atoms with E-state index in [1.165, 1.54) is 6.07 Å². The zero-order chi connectivity index (χ0) is 14.3. The molecule has 108 valence electrons. The van der Waals surface area contributed by atoms with E-state index in [2.05, 4.69) is 24.1 Å². The van der Waals surface area contributed by atoms with Crippen LogP contribution in [-0.2, 0) is 0 Å². The van der Waals surface area contributed by atoms with Gasteiger partial charge in [-0.25, -0.2) is 8.78 Å². The van der Waals surface area contributed by atoms with Gasteiger partial charge in [-0.1, -0.05) is 26.8 Å². The third-order valence-electron chi connectivity index (χ3n) is 3.42. The van der Waals surface area contributed by atoms with E-state index in [0.29, 0.717) is 5.56 Å². The summed E-state index contributed by atoms with van der Waals surface area (Å²) >= 11 is 0. The Bertz CT molecular complexity index is 378. The Morgan fingerprint density at radius 2 is 1.84 bits per heavy atom. The quantitative estimate of drug-likeness (QED) is 0.779. The lowest BCUT2D eigenvalue weighted by molar-refractivity contribution is 0.281. The summed E-state index contributed by atoms with van der Waals surface area (Å²) in [5.41, 5.74) is 0.551. The van der Waals surface area contributed by atoms with E-state index in [1.807, 2.05) is 6.92 Å². The second-order valence-electron chi connectivity index (χ2n) is 4.59. The molecule has 0 saturated heterocycles. The van der Waals surface area contributed by atoms with Gasteiger partial charge in [-0.3, -0.25) is 0 Å². The van der Waals surface area contributed by atoms with E-state index in [-0.39, 0.29) is 6.04 Å². The molecule has 0 aliphatic heterocycles. The molecular weight excluding hydrogens is 246 g/mol. The second kappa shape index (κ2) is 8.23. The molecule has 0 fully saturated rings. The summed E-state index contributed by atoms with van der Waals surface area (Å²) in [5, 5.41) is 3.27. The van der Waals surface area contributed by atoms with Crippen LogP contribution < -0.4 is 5.32 Å². The summed E-state index contributed by atoms with van der Waals surface area (Å²) in [6, 6.07) is 3.75. The van der Waals surface area contributed by atoms with E-state index in [9.17, 15) is 8.78 Å². The first-order valence-corrected chi connectivity index (χ1v) is 7.03. The topological polar surface area (TPSA) is 15.3 Å². The van der Waals surface area contributed by atoms with Crippen LogP contribution >= 0.6 is 0 Å². The fourth-order valence-electron chi connectivity index (χ4n) is 2.25. The minimum Gasteiger partial charge on any atom is -0.310 e. The number of benzene rings is 1. The van der Waals surface area contributed by atoms with Gasteiger partial charge in [0.2, 0.25) is 0 Å². The average Bonchev–Trinajstić information content (AvgIpc) is 2.39. The molecule has 1 rings (SSSR count). The van der Waals surface area contributed by atoms with Crippen LogP contribution in [0.25, 0.3) is 0 Å². The number of nitrogens with one attached hydrogen (secondary N) is 1. The van der Waals surface area contributed by atoms with Gasteiger partial charge in [0, 0.05) is 17.7 Å². The van der Waals surface area contributed by atoms with Gasteiger partial charge in [0.05, 0.1) is 0 Å². The Labute approximate surface area is 114 Å². The van der Waals surface area contributed by atoms with Crippen molar-refractivity contribution in [2.45, 2.75) is 33.2 Å². The normalized spacial score (nSPS) is 12.9. The molecule has 1 aromatic carbocycles. The molecule has 0 heterocycles. The molecule has 0 aliphatic carbocycles. The zero-order valence-corrected chi connectivity index (χ0v) is 12.0. The average molecular weight is 270 g/mol. The van der Waals surface area contributed by atoms with Crippen molar-refractivity contribution in [3.05, 3.63) is 35.4 Å². The van der Waals surface area contributed by atoms with Crippen molar-refractivity contribution in [2.75, 3.05) is 26.2 Å². The Kier molecular flexibility index (Phi) is 6.95. The molecule has 1 N–H and O–H groups in total. The molecule has 0 spiro atoms. The van der Waals surface area contributed by atoms with Gasteiger partial charge in [0.1, 0.15) is 11.6 Å². The molecule has 0 bridgehead atoms. The van der Waals surface area contributed by atoms with Gasteiger partial charge in [-0.05, 0) is 38.7 Å². The monoisotopic (exact) mass is 270 g/mol. The highest BCUT2D eigenvalue weighted by Gasteiger charge is 2.16. The van der Waals surface area contributed by atoms with Gasteiger partial charge in [-0.15, -0.1) is 0 Å². The van der Waals surface area contributed by atoms with E-state index >= 15 is 0 Å². The third-order valence-corrected chi connectivity index (χ3v) is 3.42. The van der Waals surface area contributed by atoms with Gasteiger partial charge in [-0.2, -0.15) is 0 Å². The van der Waals surface area contributed by atoms with E-state index in [0.717, 1.165) is 38.7 Å². The minimum absolute atomic E-state index is 0.0637. The number of hydrogen-bond acceptors (Lipinski definition) is 2. The highest BCUT2D eigenvalue weighted by Crippen LogP contribution is 2.21. The minimum atomic E-state index is -0.528. The Balaban J connectivity index is 2.76. The van der Waals surface area contributed by atoms with Gasteiger partial charge in [0.25, 0.3) is 0 Å². The standard InChI is InChI=1S/C15H24F2N2/c1-4-18-15(9-10-19(5-2)6-3)13-8-7-12(16)11-14(13)17/h7-8,11,15,18H,4-6,9-10H2,1-3H3. The van der Waals surface area contributed by atoms with Crippen LogP contribution in [0.1, 0.15) is 38.8 Å². The van der Waals surface area contributed by atoms with Crippen molar-refractivity contribution < 1.29 is 8.78 Å². The Morgan fingerprint density at radius 3 is 2.37 bits per heavy atom. The second-order valence-corrected chi connectivity index (χ2v) is 4.59. The number of nitrogens with zero attached hydrogens (tertiary/aromatic N) is 1. The van der Waals surface area contributed by atoms with Crippen LogP contribution in [0.2, 0.25) is 0 Å². The maximum Gasteiger partial charge on any atom is 0.130 e. The van der Waals surface area contributed by atoms with Crippen LogP contribution in [0, 0.1) is 11.6 Å². The van der Waals surface area contributed by atoms with Gasteiger partial charge in [0.15, 0.2) is 0 Å². The lowest BCUT2D eigenvalue weighted by atomic mass is 10.0. The van der Waals surface area contributed by atoms with Crippen molar-refractivity contribution in [1.82, 2.24) is 10.2 Å². The summed E-state index contributed by atoms with van der Waals surface area (Å²) in [6.07, 6.45) is 0.818. The lowest BCUT2D eigenvalue weighted by Crippen LogP contribution is -2.30. The van der Waals surface area contributed by atoms with Crippen molar-refractivity contribution >= 4 is 0 Å². The molecule has 0 amide bonds. The highest BCUT2D eigenvalue weighted by molar-refractivity contribution is 5.22. The summed E-state index contributed by atoms with van der Waals surface area (Å²) in [7, 11) is 0. The summed E-state index contributed by atoms with van der Waals surface area (Å²) in [6.45, 7) is 9.87. The van der Waals surface area contributed by atoms with Gasteiger partial charge < -0.3 is 10.2 Å². The molecule has 1 unspecified atom stereocenters. The highest BCUT2D eigenvalue weighted by atomic mass is 19.1. The number of rotatable bonds is 8. The summed E-state index contributed by atoms with van der Waals surface area (Å²) in [5.74, 6) is -0.995. The predicted octanol–water partition coefficient (Wildman–Crippen LogP) is 3.35. The molecule has 2 nitrogen and oxygen atoms in total. The Morgan fingerprint density at radius 1 is 1.16 bits per heavy atom. The fourth-order valence-corrected chi connectivity index (χ4v) is 2.25. The van der Waals surface area contributed by atoms with Crippen molar-refractivity contribution in [1.29, 1.82) is 0 Å². The zero-order valence-electron chi connectivity index (χ0n) is 12.0. The van der Waals surface area contributed by atoms with Crippen LogP contribution in [0.15, 0.2) is 18.2 Å². The number of hydrogen-bond donors (Lipinski definition) is 1. The van der Waals surface area contributed by atoms with Crippen molar-refractivity contribution in [3.8, 4) is 0 Å². The van der Waals surface area contributed by atoms with Crippen LogP contribution in [0.3, 0.4) is 0 Å².